The number of ether oxygens (including phenoxy) is 1. The van der Waals surface area contributed by atoms with Crippen molar-refractivity contribution in [3.05, 3.63) is 64.7 Å². The highest BCUT2D eigenvalue weighted by Gasteiger charge is 2.67. The van der Waals surface area contributed by atoms with Crippen LogP contribution in [0.25, 0.3) is 0 Å². The molecule has 5 N–H and O–H groups in total. The molecule has 3 aliphatic rings. The minimum Gasteiger partial charge on any atom is -0.379 e. The summed E-state index contributed by atoms with van der Waals surface area (Å²) in [6.07, 6.45) is 0. The second-order valence-corrected chi connectivity index (χ2v) is 11.2. The Balaban J connectivity index is 1.49. The molecular weight excluding hydrogens is 555 g/mol. The molecule has 44 heavy (non-hydrogen) atoms. The van der Waals surface area contributed by atoms with Gasteiger partial charge in [-0.05, 0) is 28.2 Å². The molecule has 0 bridgehead atoms. The first-order valence-corrected chi connectivity index (χ1v) is 13.3. The molecule has 2 saturated heterocycles. The maximum atomic E-state index is 13.7. The number of anilines is 1. The van der Waals surface area contributed by atoms with Gasteiger partial charge in [-0.1, -0.05) is 35.5 Å². The van der Waals surface area contributed by atoms with E-state index >= 15 is 0 Å². The lowest BCUT2D eigenvalue weighted by atomic mass is 9.21. The van der Waals surface area contributed by atoms with E-state index in [0.717, 1.165) is 0 Å². The molecule has 3 aliphatic heterocycles. The minimum absolute atomic E-state index is 0.0992. The molecule has 0 spiro atoms. The van der Waals surface area contributed by atoms with Gasteiger partial charge in [0.05, 0.1) is 65.7 Å². The van der Waals surface area contributed by atoms with Crippen LogP contribution in [0.2, 0.25) is 10.4 Å². The van der Waals surface area contributed by atoms with Crippen molar-refractivity contribution < 1.29 is 34.4 Å². The summed E-state index contributed by atoms with van der Waals surface area (Å²) in [6, 6.07) is 9.49. The SMILES string of the molecule is [B]C([B])(c1ccc(C(O)(O)Nc2cccc3c2C([B])(O)N(C2([B])C(=O)NC(=O)C([B])([B])C2([B])[B])C3=O)cc1)N1CCOCC1. The molecule has 0 aliphatic carbocycles. The van der Waals surface area contributed by atoms with E-state index in [9.17, 15) is 29.7 Å². The van der Waals surface area contributed by atoms with Crippen LogP contribution in [0.15, 0.2) is 42.5 Å². The fourth-order valence-corrected chi connectivity index (χ4v) is 5.67. The summed E-state index contributed by atoms with van der Waals surface area (Å²) in [5, 5.41) is 30.9. The van der Waals surface area contributed by atoms with Gasteiger partial charge in [0.2, 0.25) is 11.8 Å². The number of morpholine rings is 1. The van der Waals surface area contributed by atoms with Gasteiger partial charge in [-0.15, -0.1) is 0 Å². The number of fused-ring (bicyclic) bond motifs is 1. The zero-order valence-corrected chi connectivity index (χ0v) is 23.4. The predicted molar refractivity (Wildman–Crippen MR) is 164 cm³/mol. The molecule has 3 heterocycles. The molecule has 11 nitrogen and oxygen atoms in total. The Kier molecular flexibility index (Phi) is 7.66. The molecule has 16 radical (unpaired) electrons. The van der Waals surface area contributed by atoms with Crippen LogP contribution >= 0.6 is 0 Å². The number of nitrogens with zero attached hydrogens (tertiary/aromatic N) is 2. The van der Waals surface area contributed by atoms with Gasteiger partial charge in [0, 0.05) is 35.5 Å². The first-order chi connectivity index (χ1) is 20.2. The van der Waals surface area contributed by atoms with E-state index in [1.165, 1.54) is 42.5 Å². The summed E-state index contributed by atoms with van der Waals surface area (Å²) >= 11 is 0. The number of hydrogen-bond donors (Lipinski definition) is 5. The molecule has 2 aromatic carbocycles. The summed E-state index contributed by atoms with van der Waals surface area (Å²) in [7, 11) is 49.0. The predicted octanol–water partition coefficient (Wildman–Crippen LogP) is -4.17. The number of carbonyl (C=O) groups excluding carboxylic acids is 3. The first kappa shape index (κ1) is 32.6. The number of hydrogen-bond acceptors (Lipinski definition) is 9. The van der Waals surface area contributed by atoms with E-state index in [0.29, 0.717) is 31.9 Å². The molecule has 3 amide bonds. The van der Waals surface area contributed by atoms with Crippen LogP contribution in [0.5, 0.6) is 0 Å². The van der Waals surface area contributed by atoms with Crippen molar-refractivity contribution in [1.82, 2.24) is 15.1 Å². The third-order valence-electron chi connectivity index (χ3n) is 8.42. The number of amides is 3. The van der Waals surface area contributed by atoms with Crippen molar-refractivity contribution in [3.8, 4) is 0 Å². The van der Waals surface area contributed by atoms with Gasteiger partial charge >= 0.3 is 0 Å². The van der Waals surface area contributed by atoms with Crippen molar-refractivity contribution in [1.29, 1.82) is 0 Å². The highest BCUT2D eigenvalue weighted by Crippen LogP contribution is 2.57. The molecule has 206 valence electrons. The summed E-state index contributed by atoms with van der Waals surface area (Å²) in [5.74, 6) is -6.75. The van der Waals surface area contributed by atoms with E-state index < -0.39 is 56.0 Å². The Morgan fingerprint density at radius 3 is 2.02 bits per heavy atom. The standard InChI is InChI=1S/C25H20B8N4O7/c26-20(27)18(39)34-19(40)21(28,25(20,32)33)37-17(38)14-2-1-3-15(16(14)23(37,31)41)35-24(42,43)13-6-4-12(5-7-13)22(29,30)36-8-10-44-11-9-36/h1-7,35,41-43H,8-11H2,(H,34,39,40). The Labute approximate surface area is 264 Å². The second kappa shape index (κ2) is 10.3. The Morgan fingerprint density at radius 1 is 0.864 bits per heavy atom. The van der Waals surface area contributed by atoms with Crippen molar-refractivity contribution in [2.45, 2.75) is 32.7 Å². The largest absolute Gasteiger partial charge is 0.379 e. The lowest BCUT2D eigenvalue weighted by Gasteiger charge is -2.62. The van der Waals surface area contributed by atoms with Gasteiger partial charge in [-0.2, -0.15) is 0 Å². The average Bonchev–Trinajstić information content (AvgIpc) is 3.17. The Hall–Kier alpha value is -2.83. The van der Waals surface area contributed by atoms with Crippen molar-refractivity contribution >= 4 is 86.2 Å². The van der Waals surface area contributed by atoms with Crippen LogP contribution in [-0.4, -0.2) is 137 Å². The molecule has 0 saturated carbocycles. The number of nitrogens with one attached hydrogen (secondary N) is 2. The lowest BCUT2D eigenvalue weighted by molar-refractivity contribution is -0.148. The van der Waals surface area contributed by atoms with Crippen LogP contribution < -0.4 is 10.6 Å². The molecule has 5 rings (SSSR count). The zero-order valence-electron chi connectivity index (χ0n) is 23.4. The number of rotatable bonds is 6. The molecule has 2 unspecified atom stereocenters. The highest BCUT2D eigenvalue weighted by molar-refractivity contribution is 6.67. The summed E-state index contributed by atoms with van der Waals surface area (Å²) < 4.78 is 5.34. The van der Waals surface area contributed by atoms with Crippen molar-refractivity contribution in [2.75, 3.05) is 31.6 Å². The normalized spacial score (nSPS) is 27.1. The second-order valence-electron chi connectivity index (χ2n) is 11.2. The summed E-state index contributed by atoms with van der Waals surface area (Å²) in [5.41, 5.74) is -6.70. The number of piperidine rings is 1. The molecule has 0 aromatic heterocycles. The third-order valence-corrected chi connectivity index (χ3v) is 8.42. The highest BCUT2D eigenvalue weighted by atomic mass is 16.5. The maximum absolute atomic E-state index is 13.7. The number of aliphatic hydroxyl groups is 3. The van der Waals surface area contributed by atoms with E-state index in [1.807, 2.05) is 4.90 Å². The van der Waals surface area contributed by atoms with Crippen LogP contribution in [0.4, 0.5) is 5.69 Å². The van der Waals surface area contributed by atoms with Crippen LogP contribution in [0, 0.1) is 0 Å². The fraction of sp³-hybridized carbons (Fsp3) is 0.400. The van der Waals surface area contributed by atoms with Gasteiger partial charge in [-0.25, -0.2) is 0 Å². The van der Waals surface area contributed by atoms with Gasteiger partial charge in [0.15, 0.2) is 7.85 Å². The Morgan fingerprint density at radius 2 is 1.43 bits per heavy atom. The average molecular weight is 575 g/mol. The van der Waals surface area contributed by atoms with Crippen molar-refractivity contribution in [2.24, 2.45) is 0 Å². The molecular formula is C25H20B8N4O7. The number of carbonyl (C=O) groups is 3. The van der Waals surface area contributed by atoms with Gasteiger partial charge in [-0.3, -0.25) is 19.7 Å². The smallest absolute Gasteiger partial charge is 0.272 e. The fourth-order valence-electron chi connectivity index (χ4n) is 5.67. The van der Waals surface area contributed by atoms with Crippen molar-refractivity contribution in [3.63, 3.8) is 0 Å². The summed E-state index contributed by atoms with van der Waals surface area (Å²) in [6.45, 7) is 1.89. The van der Waals surface area contributed by atoms with Gasteiger partial charge < -0.3 is 35.2 Å². The number of benzene rings is 2. The Bertz CT molecular complexity index is 1530. The molecule has 2 atom stereocenters. The lowest BCUT2D eigenvalue weighted by Crippen LogP contribution is -2.78. The van der Waals surface area contributed by atoms with E-state index in [-0.39, 0.29) is 21.7 Å². The third kappa shape index (κ3) is 4.54. The van der Waals surface area contributed by atoms with Gasteiger partial charge in [0.25, 0.3) is 11.8 Å². The van der Waals surface area contributed by atoms with Crippen LogP contribution in [-0.2, 0) is 31.2 Å². The monoisotopic (exact) mass is 576 g/mol. The maximum Gasteiger partial charge on any atom is 0.272 e. The van der Waals surface area contributed by atoms with Crippen LogP contribution in [0.3, 0.4) is 0 Å². The molecule has 2 fully saturated rings. The molecule has 19 heteroatoms. The van der Waals surface area contributed by atoms with Gasteiger partial charge in [0.1, 0.15) is 13.5 Å². The quantitative estimate of drug-likeness (QED) is 0.131. The first-order valence-electron chi connectivity index (χ1n) is 13.3. The topological polar surface area (TPSA) is 152 Å². The molecule has 2 aromatic rings. The van der Waals surface area contributed by atoms with E-state index in [2.05, 4.69) is 5.32 Å². The van der Waals surface area contributed by atoms with E-state index in [1.54, 1.807) is 5.32 Å². The minimum atomic E-state index is -3.01. The van der Waals surface area contributed by atoms with E-state index in [4.69, 9.17) is 67.5 Å². The zero-order chi connectivity index (χ0) is 32.7. The number of imide groups is 1. The van der Waals surface area contributed by atoms with Crippen LogP contribution in [0.1, 0.15) is 27.0 Å². The summed E-state index contributed by atoms with van der Waals surface area (Å²) in [4.78, 5) is 41.1.